The second-order valence-electron chi connectivity index (χ2n) is 7.43. The highest BCUT2D eigenvalue weighted by Gasteiger charge is 2.19. The van der Waals surface area contributed by atoms with Gasteiger partial charge in [0.2, 0.25) is 5.75 Å². The SMILES string of the molecule is CCOc1cc(C(=O)Nc2cc(-c3nc4cccnc4s3)ccc2C)cc(OCC)c1OCC. The van der Waals surface area contributed by atoms with Gasteiger partial charge >= 0.3 is 0 Å². The van der Waals surface area contributed by atoms with Gasteiger partial charge in [-0.05, 0) is 63.6 Å². The summed E-state index contributed by atoms with van der Waals surface area (Å²) in [6.45, 7) is 8.95. The number of hydrogen-bond acceptors (Lipinski definition) is 7. The van der Waals surface area contributed by atoms with Crippen LogP contribution in [0.15, 0.2) is 48.7 Å². The fourth-order valence-corrected chi connectivity index (χ4v) is 4.40. The van der Waals surface area contributed by atoms with Gasteiger partial charge in [-0.25, -0.2) is 9.97 Å². The third-order valence-corrected chi connectivity index (χ3v) is 6.10. The molecule has 0 fully saturated rings. The molecule has 0 radical (unpaired) electrons. The average molecular weight is 478 g/mol. The van der Waals surface area contributed by atoms with Gasteiger partial charge < -0.3 is 19.5 Å². The number of fused-ring (bicyclic) bond motifs is 1. The molecule has 0 spiro atoms. The monoisotopic (exact) mass is 477 g/mol. The standard InChI is InChI=1S/C26H27N3O4S/c1-5-31-21-14-18(15-22(32-6-2)23(21)33-7-3)24(30)28-20-13-17(11-10-16(20)4)25-29-19-9-8-12-27-26(19)34-25/h8-15H,5-7H2,1-4H3,(H,28,30). The quantitative estimate of drug-likeness (QED) is 0.313. The van der Waals surface area contributed by atoms with E-state index in [4.69, 9.17) is 14.2 Å². The molecule has 34 heavy (non-hydrogen) atoms. The van der Waals surface area contributed by atoms with Gasteiger partial charge in [0.05, 0.1) is 19.8 Å². The van der Waals surface area contributed by atoms with Crippen molar-refractivity contribution in [2.45, 2.75) is 27.7 Å². The van der Waals surface area contributed by atoms with E-state index in [-0.39, 0.29) is 5.91 Å². The van der Waals surface area contributed by atoms with Crippen LogP contribution >= 0.6 is 11.3 Å². The third kappa shape index (κ3) is 4.97. The number of nitrogens with one attached hydrogen (secondary N) is 1. The number of aryl methyl sites for hydroxylation is 1. The van der Waals surface area contributed by atoms with Gasteiger partial charge in [0.25, 0.3) is 5.91 Å². The van der Waals surface area contributed by atoms with Crippen molar-refractivity contribution in [3.05, 3.63) is 59.8 Å². The molecule has 0 aliphatic rings. The number of hydrogen-bond donors (Lipinski definition) is 1. The summed E-state index contributed by atoms with van der Waals surface area (Å²) in [5.41, 5.74) is 3.84. The predicted octanol–water partition coefficient (Wildman–Crippen LogP) is 6.12. The van der Waals surface area contributed by atoms with Gasteiger partial charge in [-0.15, -0.1) is 0 Å². The van der Waals surface area contributed by atoms with Crippen LogP contribution in [0.25, 0.3) is 20.9 Å². The van der Waals surface area contributed by atoms with E-state index < -0.39 is 0 Å². The molecular weight excluding hydrogens is 450 g/mol. The van der Waals surface area contributed by atoms with Gasteiger partial charge in [-0.2, -0.15) is 0 Å². The molecular formula is C26H27N3O4S. The lowest BCUT2D eigenvalue weighted by atomic mass is 10.1. The van der Waals surface area contributed by atoms with E-state index >= 15 is 0 Å². The molecule has 2 heterocycles. The van der Waals surface area contributed by atoms with Crippen LogP contribution in [0, 0.1) is 6.92 Å². The van der Waals surface area contributed by atoms with Crippen LogP contribution in [-0.2, 0) is 0 Å². The zero-order valence-electron chi connectivity index (χ0n) is 19.7. The Bertz CT molecular complexity index is 1260. The second-order valence-corrected chi connectivity index (χ2v) is 8.41. The van der Waals surface area contributed by atoms with Gasteiger partial charge in [-0.3, -0.25) is 4.79 Å². The predicted molar refractivity (Wildman–Crippen MR) is 135 cm³/mol. The number of aromatic nitrogens is 2. The highest BCUT2D eigenvalue weighted by atomic mass is 32.1. The number of thiazole rings is 1. The maximum absolute atomic E-state index is 13.3. The first-order valence-corrected chi connectivity index (χ1v) is 12.1. The first kappa shape index (κ1) is 23.5. The number of carbonyl (C=O) groups excluding carboxylic acids is 1. The molecule has 4 aromatic rings. The van der Waals surface area contributed by atoms with E-state index in [1.165, 1.54) is 11.3 Å². The Morgan fingerprint density at radius 3 is 2.32 bits per heavy atom. The topological polar surface area (TPSA) is 82.6 Å². The van der Waals surface area contributed by atoms with Crippen molar-refractivity contribution in [3.8, 4) is 27.8 Å². The number of ether oxygens (including phenoxy) is 3. The van der Waals surface area contributed by atoms with Crippen molar-refractivity contribution < 1.29 is 19.0 Å². The first-order chi connectivity index (χ1) is 16.5. The van der Waals surface area contributed by atoms with Crippen LogP contribution in [0.4, 0.5) is 5.69 Å². The molecule has 0 aliphatic heterocycles. The number of anilines is 1. The van der Waals surface area contributed by atoms with Gasteiger partial charge in [0, 0.05) is 23.0 Å². The zero-order chi connectivity index (χ0) is 24.1. The number of amides is 1. The zero-order valence-corrected chi connectivity index (χ0v) is 20.5. The molecule has 0 atom stereocenters. The van der Waals surface area contributed by atoms with E-state index in [9.17, 15) is 4.79 Å². The lowest BCUT2D eigenvalue weighted by Gasteiger charge is -2.17. The van der Waals surface area contributed by atoms with E-state index in [0.717, 1.165) is 26.5 Å². The minimum Gasteiger partial charge on any atom is -0.490 e. The average Bonchev–Trinajstić information content (AvgIpc) is 3.27. The van der Waals surface area contributed by atoms with E-state index in [2.05, 4.69) is 15.3 Å². The maximum atomic E-state index is 13.3. The van der Waals surface area contributed by atoms with Crippen LogP contribution in [-0.4, -0.2) is 35.7 Å². The summed E-state index contributed by atoms with van der Waals surface area (Å²) in [5.74, 6) is 1.20. The fraction of sp³-hybridized carbons (Fsp3) is 0.269. The number of pyridine rings is 1. The summed E-state index contributed by atoms with van der Waals surface area (Å²) in [7, 11) is 0. The van der Waals surface area contributed by atoms with E-state index in [0.29, 0.717) is 48.3 Å². The molecule has 0 saturated heterocycles. The summed E-state index contributed by atoms with van der Waals surface area (Å²) < 4.78 is 17.2. The lowest BCUT2D eigenvalue weighted by Crippen LogP contribution is -2.14. The van der Waals surface area contributed by atoms with Crippen molar-refractivity contribution in [1.82, 2.24) is 9.97 Å². The summed E-state index contributed by atoms with van der Waals surface area (Å²) in [5, 5.41) is 3.88. The summed E-state index contributed by atoms with van der Waals surface area (Å²) in [6.07, 6.45) is 1.76. The molecule has 1 N–H and O–H groups in total. The molecule has 1 amide bonds. The first-order valence-electron chi connectivity index (χ1n) is 11.2. The molecule has 0 saturated carbocycles. The Kier molecular flexibility index (Phi) is 7.27. The lowest BCUT2D eigenvalue weighted by molar-refractivity contribution is 0.102. The Hall–Kier alpha value is -3.65. The van der Waals surface area contributed by atoms with Crippen molar-refractivity contribution in [3.63, 3.8) is 0 Å². The summed E-state index contributed by atoms with van der Waals surface area (Å²) >= 11 is 1.52. The van der Waals surface area contributed by atoms with Crippen molar-refractivity contribution >= 4 is 33.3 Å². The van der Waals surface area contributed by atoms with Crippen LogP contribution in [0.1, 0.15) is 36.7 Å². The largest absolute Gasteiger partial charge is 0.490 e. The van der Waals surface area contributed by atoms with Crippen molar-refractivity contribution in [1.29, 1.82) is 0 Å². The van der Waals surface area contributed by atoms with Crippen LogP contribution < -0.4 is 19.5 Å². The van der Waals surface area contributed by atoms with Gasteiger partial charge in [0.1, 0.15) is 15.4 Å². The Balaban J connectivity index is 1.66. The highest BCUT2D eigenvalue weighted by Crippen LogP contribution is 2.39. The molecule has 2 aromatic heterocycles. The van der Waals surface area contributed by atoms with Gasteiger partial charge in [-0.1, -0.05) is 23.5 Å². The third-order valence-electron chi connectivity index (χ3n) is 5.07. The smallest absolute Gasteiger partial charge is 0.255 e. The molecule has 2 aromatic carbocycles. The van der Waals surface area contributed by atoms with Crippen LogP contribution in [0.3, 0.4) is 0 Å². The molecule has 0 unspecified atom stereocenters. The number of carbonyl (C=O) groups is 1. The minimum atomic E-state index is -0.267. The van der Waals surface area contributed by atoms with E-state index in [1.807, 2.05) is 58.0 Å². The molecule has 7 nitrogen and oxygen atoms in total. The Labute approximate surface area is 202 Å². The summed E-state index contributed by atoms with van der Waals surface area (Å²) in [6, 6.07) is 13.1. The van der Waals surface area contributed by atoms with Crippen LogP contribution in [0.5, 0.6) is 17.2 Å². The number of rotatable bonds is 9. The van der Waals surface area contributed by atoms with Crippen molar-refractivity contribution in [2.24, 2.45) is 0 Å². The molecule has 4 rings (SSSR count). The molecule has 0 bridgehead atoms. The Morgan fingerprint density at radius 2 is 1.68 bits per heavy atom. The molecule has 0 aliphatic carbocycles. The summed E-state index contributed by atoms with van der Waals surface area (Å²) in [4.78, 5) is 23.2. The normalized spacial score (nSPS) is 10.8. The maximum Gasteiger partial charge on any atom is 0.255 e. The number of nitrogens with zero attached hydrogens (tertiary/aromatic N) is 2. The Morgan fingerprint density at radius 1 is 0.971 bits per heavy atom. The van der Waals surface area contributed by atoms with Crippen molar-refractivity contribution in [2.75, 3.05) is 25.1 Å². The highest BCUT2D eigenvalue weighted by molar-refractivity contribution is 7.21. The molecule has 176 valence electrons. The van der Waals surface area contributed by atoms with Crippen LogP contribution in [0.2, 0.25) is 0 Å². The number of benzene rings is 2. The van der Waals surface area contributed by atoms with E-state index in [1.54, 1.807) is 18.3 Å². The van der Waals surface area contributed by atoms with Gasteiger partial charge in [0.15, 0.2) is 11.5 Å². The second kappa shape index (κ2) is 10.5. The fourth-order valence-electron chi connectivity index (χ4n) is 3.50. The molecule has 8 heteroatoms. The minimum absolute atomic E-state index is 0.267.